The third-order valence-electron chi connectivity index (χ3n) is 2.44. The van der Waals surface area contributed by atoms with Gasteiger partial charge in [-0.25, -0.2) is 0 Å². The van der Waals surface area contributed by atoms with Gasteiger partial charge < -0.3 is 10.3 Å². The molecule has 78 valence electrons. The lowest BCUT2D eigenvalue weighted by atomic mass is 10.0. The number of nitrogens with zero attached hydrogens (tertiary/aromatic N) is 1. The molecule has 0 saturated heterocycles. The molecule has 0 aliphatic rings. The predicted octanol–water partition coefficient (Wildman–Crippen LogP) is 3.30. The van der Waals surface area contributed by atoms with Crippen molar-refractivity contribution in [3.8, 4) is 11.3 Å². The lowest BCUT2D eigenvalue weighted by molar-refractivity contribution is 0.439. The van der Waals surface area contributed by atoms with Crippen molar-refractivity contribution in [2.75, 3.05) is 5.73 Å². The highest BCUT2D eigenvalue weighted by Gasteiger charge is 2.12. The number of rotatable bonds is 1. The minimum atomic E-state index is 0.309. The first-order chi connectivity index (χ1) is 7.09. The number of anilines is 1. The number of nitrogen functional groups attached to an aromatic ring is 1. The van der Waals surface area contributed by atoms with Crippen LogP contribution in [0.2, 0.25) is 0 Å². The molecule has 0 bridgehead atoms. The molecule has 0 aliphatic heterocycles. The van der Waals surface area contributed by atoms with Crippen molar-refractivity contribution in [2.45, 2.75) is 13.8 Å². The number of hydrogen-bond donors (Lipinski definition) is 1. The zero-order chi connectivity index (χ0) is 11.0. The average molecular weight is 267 g/mol. The normalized spacial score (nSPS) is 10.6. The third-order valence-corrected chi connectivity index (χ3v) is 3.21. The maximum absolute atomic E-state index is 5.57. The summed E-state index contributed by atoms with van der Waals surface area (Å²) in [6, 6.07) is 6.13. The van der Waals surface area contributed by atoms with E-state index in [4.69, 9.17) is 10.3 Å². The van der Waals surface area contributed by atoms with Gasteiger partial charge in [-0.1, -0.05) is 17.3 Å². The first kappa shape index (κ1) is 10.2. The number of aryl methyl sites for hydroxylation is 2. The molecule has 2 N–H and O–H groups in total. The molecule has 15 heavy (non-hydrogen) atoms. The smallest absolute Gasteiger partial charge is 0.237 e. The summed E-state index contributed by atoms with van der Waals surface area (Å²) in [5.41, 5.74) is 9.80. The van der Waals surface area contributed by atoms with Gasteiger partial charge in [-0.15, -0.1) is 0 Å². The Morgan fingerprint density at radius 2 is 2.00 bits per heavy atom. The SMILES string of the molecule is Cc1ccc(-c2noc(N)c2Br)cc1C. The minimum Gasteiger partial charge on any atom is -0.367 e. The van der Waals surface area contributed by atoms with Crippen LogP contribution in [0.5, 0.6) is 0 Å². The van der Waals surface area contributed by atoms with Crippen molar-refractivity contribution in [1.82, 2.24) is 5.16 Å². The van der Waals surface area contributed by atoms with Gasteiger partial charge in [-0.2, -0.15) is 0 Å². The Labute approximate surface area is 96.4 Å². The van der Waals surface area contributed by atoms with E-state index in [9.17, 15) is 0 Å². The van der Waals surface area contributed by atoms with Crippen LogP contribution in [0.3, 0.4) is 0 Å². The molecule has 1 aromatic carbocycles. The summed E-state index contributed by atoms with van der Waals surface area (Å²) in [4.78, 5) is 0. The number of nitrogens with two attached hydrogens (primary N) is 1. The standard InChI is InChI=1S/C11H11BrN2O/c1-6-3-4-8(5-7(6)2)10-9(12)11(13)15-14-10/h3-5H,13H2,1-2H3. The zero-order valence-electron chi connectivity index (χ0n) is 8.54. The van der Waals surface area contributed by atoms with E-state index in [1.165, 1.54) is 11.1 Å². The topological polar surface area (TPSA) is 52.0 Å². The Hall–Kier alpha value is -1.29. The van der Waals surface area contributed by atoms with Crippen LogP contribution in [0.25, 0.3) is 11.3 Å². The Balaban J connectivity index is 2.55. The molecule has 1 heterocycles. The molecule has 0 saturated carbocycles. The molecule has 0 aliphatic carbocycles. The maximum atomic E-state index is 5.57. The number of benzene rings is 1. The molecular formula is C11H11BrN2O. The van der Waals surface area contributed by atoms with Crippen LogP contribution in [0.4, 0.5) is 5.88 Å². The molecule has 3 nitrogen and oxygen atoms in total. The summed E-state index contributed by atoms with van der Waals surface area (Å²) >= 11 is 3.35. The van der Waals surface area contributed by atoms with Crippen molar-refractivity contribution in [2.24, 2.45) is 0 Å². The minimum absolute atomic E-state index is 0.309. The molecular weight excluding hydrogens is 256 g/mol. The highest BCUT2D eigenvalue weighted by molar-refractivity contribution is 9.10. The van der Waals surface area contributed by atoms with Gasteiger partial charge in [0.05, 0.1) is 0 Å². The fraction of sp³-hybridized carbons (Fsp3) is 0.182. The monoisotopic (exact) mass is 266 g/mol. The van der Waals surface area contributed by atoms with E-state index >= 15 is 0 Å². The second-order valence-corrected chi connectivity index (χ2v) is 4.30. The van der Waals surface area contributed by atoms with Crippen LogP contribution in [0.1, 0.15) is 11.1 Å². The second-order valence-electron chi connectivity index (χ2n) is 3.51. The summed E-state index contributed by atoms with van der Waals surface area (Å²) in [6.45, 7) is 4.14. The van der Waals surface area contributed by atoms with Gasteiger partial charge in [0.25, 0.3) is 0 Å². The van der Waals surface area contributed by atoms with Gasteiger partial charge in [0, 0.05) is 5.56 Å². The Morgan fingerprint density at radius 1 is 1.27 bits per heavy atom. The van der Waals surface area contributed by atoms with E-state index in [0.29, 0.717) is 10.4 Å². The largest absolute Gasteiger partial charge is 0.367 e. The molecule has 2 rings (SSSR count). The lowest BCUT2D eigenvalue weighted by Gasteiger charge is -2.02. The Bertz CT molecular complexity index is 505. The third kappa shape index (κ3) is 1.77. The zero-order valence-corrected chi connectivity index (χ0v) is 10.1. The Kier molecular flexibility index (Phi) is 2.52. The number of aromatic nitrogens is 1. The van der Waals surface area contributed by atoms with Crippen LogP contribution in [-0.2, 0) is 0 Å². The van der Waals surface area contributed by atoms with Crippen LogP contribution >= 0.6 is 15.9 Å². The van der Waals surface area contributed by atoms with Gasteiger partial charge in [-0.05, 0) is 47.0 Å². The van der Waals surface area contributed by atoms with E-state index in [-0.39, 0.29) is 0 Å². The number of halogens is 1. The van der Waals surface area contributed by atoms with Crippen molar-refractivity contribution in [1.29, 1.82) is 0 Å². The molecule has 0 radical (unpaired) electrons. The van der Waals surface area contributed by atoms with Crippen LogP contribution in [0, 0.1) is 13.8 Å². The highest BCUT2D eigenvalue weighted by atomic mass is 79.9. The molecule has 0 spiro atoms. The Morgan fingerprint density at radius 3 is 2.53 bits per heavy atom. The summed E-state index contributed by atoms with van der Waals surface area (Å²) in [5, 5.41) is 3.91. The first-order valence-corrected chi connectivity index (χ1v) is 5.37. The van der Waals surface area contributed by atoms with Crippen molar-refractivity contribution < 1.29 is 4.52 Å². The second kappa shape index (κ2) is 3.70. The van der Waals surface area contributed by atoms with E-state index < -0.39 is 0 Å². The lowest BCUT2D eigenvalue weighted by Crippen LogP contribution is -1.85. The summed E-state index contributed by atoms with van der Waals surface area (Å²) < 4.78 is 5.61. The fourth-order valence-corrected chi connectivity index (χ4v) is 1.73. The predicted molar refractivity (Wildman–Crippen MR) is 63.5 cm³/mol. The highest BCUT2D eigenvalue weighted by Crippen LogP contribution is 2.32. The van der Waals surface area contributed by atoms with Gasteiger partial charge in [-0.3, -0.25) is 0 Å². The maximum Gasteiger partial charge on any atom is 0.237 e. The molecule has 2 aromatic rings. The molecule has 4 heteroatoms. The van der Waals surface area contributed by atoms with Gasteiger partial charge >= 0.3 is 0 Å². The van der Waals surface area contributed by atoms with E-state index in [1.807, 2.05) is 6.07 Å². The number of hydrogen-bond acceptors (Lipinski definition) is 3. The van der Waals surface area contributed by atoms with Gasteiger partial charge in [0.15, 0.2) is 0 Å². The van der Waals surface area contributed by atoms with E-state index in [0.717, 1.165) is 11.3 Å². The quantitative estimate of drug-likeness (QED) is 0.862. The molecule has 0 unspecified atom stereocenters. The van der Waals surface area contributed by atoms with Crippen LogP contribution in [-0.4, -0.2) is 5.16 Å². The van der Waals surface area contributed by atoms with Crippen LogP contribution in [0.15, 0.2) is 27.2 Å². The van der Waals surface area contributed by atoms with E-state index in [1.54, 1.807) is 0 Å². The summed E-state index contributed by atoms with van der Waals surface area (Å²) in [6.07, 6.45) is 0. The van der Waals surface area contributed by atoms with Gasteiger partial charge in [0.2, 0.25) is 5.88 Å². The van der Waals surface area contributed by atoms with Crippen molar-refractivity contribution in [3.05, 3.63) is 33.8 Å². The molecule has 1 aromatic heterocycles. The van der Waals surface area contributed by atoms with Crippen molar-refractivity contribution >= 4 is 21.8 Å². The average Bonchev–Trinajstić information content (AvgIpc) is 2.53. The fourth-order valence-electron chi connectivity index (χ4n) is 1.36. The molecule has 0 amide bonds. The molecule has 0 fully saturated rings. The summed E-state index contributed by atoms with van der Waals surface area (Å²) in [5.74, 6) is 0.309. The van der Waals surface area contributed by atoms with Crippen molar-refractivity contribution in [3.63, 3.8) is 0 Å². The first-order valence-electron chi connectivity index (χ1n) is 4.58. The van der Waals surface area contributed by atoms with E-state index in [2.05, 4.69) is 47.1 Å². The van der Waals surface area contributed by atoms with Crippen LogP contribution < -0.4 is 5.73 Å². The van der Waals surface area contributed by atoms with Gasteiger partial charge in [0.1, 0.15) is 10.2 Å². The summed E-state index contributed by atoms with van der Waals surface area (Å²) in [7, 11) is 0. The molecule has 0 atom stereocenters.